The van der Waals surface area contributed by atoms with Crippen molar-refractivity contribution in [2.75, 3.05) is 19.8 Å². The molecule has 0 aliphatic carbocycles. The summed E-state index contributed by atoms with van der Waals surface area (Å²) < 4.78 is 17.3. The Bertz CT molecular complexity index is 1350. The minimum atomic E-state index is -0.594. The first-order valence-electron chi connectivity index (χ1n) is 27.1. The Hall–Kier alpha value is -3.70. The molecule has 0 aliphatic heterocycles. The lowest BCUT2D eigenvalue weighted by Crippen LogP contribution is -2.30. The number of ether oxygens (including phenoxy) is 3. The summed E-state index contributed by atoms with van der Waals surface area (Å²) in [6.45, 7) is 7.36. The van der Waals surface area contributed by atoms with Crippen LogP contribution in [-0.4, -0.2) is 37.9 Å². The van der Waals surface area contributed by atoms with Gasteiger partial charge in [-0.2, -0.15) is 0 Å². The predicted octanol–water partition coefficient (Wildman–Crippen LogP) is 18.6. The lowest BCUT2D eigenvalue weighted by atomic mass is 10.1. The quantitative estimate of drug-likeness (QED) is 0.0346. The highest BCUT2D eigenvalue weighted by Crippen LogP contribution is 2.13. The molecule has 0 aliphatic rings. The maximum absolute atomic E-state index is 12.8. The summed E-state index contributed by atoms with van der Waals surface area (Å²) in [6, 6.07) is 0. The fourth-order valence-corrected chi connectivity index (χ4v) is 7.03. The van der Waals surface area contributed by atoms with Crippen LogP contribution >= 0.6 is 0 Å². The summed E-state index contributed by atoms with van der Waals surface area (Å²) in [6.07, 6.45) is 78.0. The van der Waals surface area contributed by atoms with E-state index in [2.05, 4.69) is 142 Å². The van der Waals surface area contributed by atoms with Gasteiger partial charge in [-0.1, -0.05) is 219 Å². The third-order valence-corrected chi connectivity index (χ3v) is 11.0. The van der Waals surface area contributed by atoms with E-state index in [0.29, 0.717) is 19.4 Å². The van der Waals surface area contributed by atoms with Crippen molar-refractivity contribution in [1.29, 1.82) is 0 Å². The second-order valence-electron chi connectivity index (χ2n) is 17.4. The maximum atomic E-state index is 12.8. The van der Waals surface area contributed by atoms with E-state index >= 15 is 0 Å². The third-order valence-electron chi connectivity index (χ3n) is 11.0. The molecule has 0 aromatic rings. The number of rotatable bonds is 48. The van der Waals surface area contributed by atoms with Gasteiger partial charge in [0.1, 0.15) is 6.61 Å². The summed E-state index contributed by atoms with van der Waals surface area (Å²) in [5.74, 6) is -0.469. The van der Waals surface area contributed by atoms with E-state index < -0.39 is 6.10 Å². The molecule has 0 fully saturated rings. The van der Waals surface area contributed by atoms with Crippen molar-refractivity contribution >= 4 is 11.9 Å². The predicted molar refractivity (Wildman–Crippen MR) is 288 cm³/mol. The van der Waals surface area contributed by atoms with E-state index in [4.69, 9.17) is 14.2 Å². The van der Waals surface area contributed by atoms with Gasteiger partial charge in [-0.25, -0.2) is 0 Å². The number of carbonyl (C=O) groups is 2. The van der Waals surface area contributed by atoms with Crippen molar-refractivity contribution in [1.82, 2.24) is 0 Å². The number of allylic oxidation sites excluding steroid dienone is 19. The van der Waals surface area contributed by atoms with Crippen LogP contribution in [0.15, 0.2) is 122 Å². The highest BCUT2D eigenvalue weighted by Gasteiger charge is 2.17. The van der Waals surface area contributed by atoms with Crippen molar-refractivity contribution in [3.8, 4) is 0 Å². The van der Waals surface area contributed by atoms with E-state index in [0.717, 1.165) is 116 Å². The molecule has 374 valence electrons. The van der Waals surface area contributed by atoms with Gasteiger partial charge in [-0.3, -0.25) is 9.59 Å². The number of hydrogen-bond donors (Lipinski definition) is 0. The van der Waals surface area contributed by atoms with Crippen molar-refractivity contribution in [2.24, 2.45) is 0 Å². The smallest absolute Gasteiger partial charge is 0.306 e. The van der Waals surface area contributed by atoms with Crippen LogP contribution in [0.5, 0.6) is 0 Å². The van der Waals surface area contributed by atoms with Crippen molar-refractivity contribution in [3.63, 3.8) is 0 Å². The minimum absolute atomic E-state index is 0.0376. The first-order chi connectivity index (χ1) is 32.6. The fraction of sp³-hybridized carbons (Fsp3) is 0.639. The molecule has 0 amide bonds. The zero-order valence-electron chi connectivity index (χ0n) is 42.9. The van der Waals surface area contributed by atoms with Crippen LogP contribution in [0.3, 0.4) is 0 Å². The van der Waals surface area contributed by atoms with Gasteiger partial charge < -0.3 is 14.2 Å². The average Bonchev–Trinajstić information content (AvgIpc) is 3.32. The van der Waals surface area contributed by atoms with Gasteiger partial charge >= 0.3 is 11.9 Å². The Kier molecular flexibility index (Phi) is 52.5. The number of carbonyl (C=O) groups excluding carboxylic acids is 2. The Labute approximate surface area is 407 Å². The van der Waals surface area contributed by atoms with Gasteiger partial charge in [0.05, 0.1) is 13.2 Å². The van der Waals surface area contributed by atoms with Crippen molar-refractivity contribution in [3.05, 3.63) is 122 Å². The lowest BCUT2D eigenvalue weighted by molar-refractivity contribution is -0.162. The first kappa shape index (κ1) is 62.3. The molecule has 0 aromatic heterocycles. The molecular weight excluding hydrogens is 813 g/mol. The largest absolute Gasteiger partial charge is 0.462 e. The van der Waals surface area contributed by atoms with Crippen molar-refractivity contribution < 1.29 is 23.8 Å². The molecule has 1 unspecified atom stereocenters. The highest BCUT2D eigenvalue weighted by molar-refractivity contribution is 5.70. The van der Waals surface area contributed by atoms with Crippen molar-refractivity contribution in [2.45, 2.75) is 232 Å². The Morgan fingerprint density at radius 2 is 0.682 bits per heavy atom. The summed E-state index contributed by atoms with van der Waals surface area (Å²) in [5, 5.41) is 0. The summed E-state index contributed by atoms with van der Waals surface area (Å²) in [4.78, 5) is 25.5. The molecule has 1 atom stereocenters. The number of unbranched alkanes of at least 4 members (excludes halogenated alkanes) is 17. The molecule has 0 radical (unpaired) electrons. The van der Waals surface area contributed by atoms with E-state index in [1.807, 2.05) is 0 Å². The summed E-state index contributed by atoms with van der Waals surface area (Å²) in [7, 11) is 0. The topological polar surface area (TPSA) is 61.8 Å². The standard InChI is InChI=1S/C61H100O5/c1-4-7-10-13-16-19-22-25-28-30-31-32-34-36-39-42-45-48-51-54-60(62)65-58-59(57-64-56-53-50-47-44-41-38-35-29-26-23-20-17-14-11-8-5-2)66-61(63)55-52-49-46-43-40-37-33-27-24-21-18-15-12-9-6-3/h7-8,10-11,16-17,19-20,25-29,31-33,38,41,47,50,59H,4-6,9,12-15,18,21-24,30,34-37,39-40,42-46,48-49,51-58H2,1-3H3/b10-7-,11-8-,19-16-,20-17-,28-25-,29-26-,32-31-,33-27-,41-38-,50-47-. The van der Waals surface area contributed by atoms with Gasteiger partial charge in [-0.15, -0.1) is 0 Å². The molecule has 66 heavy (non-hydrogen) atoms. The molecule has 5 nitrogen and oxygen atoms in total. The van der Waals surface area contributed by atoms with Gasteiger partial charge in [-0.05, 0) is 116 Å². The molecule has 0 heterocycles. The number of hydrogen-bond acceptors (Lipinski definition) is 5. The van der Waals surface area contributed by atoms with E-state index in [1.165, 1.54) is 77.0 Å². The first-order valence-corrected chi connectivity index (χ1v) is 27.1. The van der Waals surface area contributed by atoms with Crippen LogP contribution in [0.25, 0.3) is 0 Å². The zero-order valence-corrected chi connectivity index (χ0v) is 42.9. The van der Waals surface area contributed by atoms with Gasteiger partial charge in [0.25, 0.3) is 0 Å². The van der Waals surface area contributed by atoms with E-state index in [1.54, 1.807) is 0 Å². The van der Waals surface area contributed by atoms with E-state index in [9.17, 15) is 9.59 Å². The van der Waals surface area contributed by atoms with Crippen LogP contribution in [0.4, 0.5) is 0 Å². The van der Waals surface area contributed by atoms with Crippen LogP contribution in [0.2, 0.25) is 0 Å². The van der Waals surface area contributed by atoms with Crippen LogP contribution in [0, 0.1) is 0 Å². The summed E-state index contributed by atoms with van der Waals surface area (Å²) in [5.41, 5.74) is 0. The highest BCUT2D eigenvalue weighted by atomic mass is 16.6. The Balaban J connectivity index is 4.43. The third kappa shape index (κ3) is 52.9. The number of esters is 2. The summed E-state index contributed by atoms with van der Waals surface area (Å²) >= 11 is 0. The lowest BCUT2D eigenvalue weighted by Gasteiger charge is -2.18. The minimum Gasteiger partial charge on any atom is -0.462 e. The molecule has 0 saturated carbocycles. The van der Waals surface area contributed by atoms with E-state index in [-0.39, 0.29) is 25.2 Å². The Morgan fingerprint density at radius 3 is 1.11 bits per heavy atom. The average molecular weight is 913 g/mol. The maximum Gasteiger partial charge on any atom is 0.306 e. The molecule has 0 bridgehead atoms. The fourth-order valence-electron chi connectivity index (χ4n) is 7.03. The molecule has 5 heteroatoms. The SMILES string of the molecule is CC/C=C\C/C=C\C/C=C\C/C=C\C/C=C\CCOCC(COC(=O)CCCCCCCC/C=C\C/C=C\C/C=C\C/C=C\CC)OC(=O)CCCCCCC/C=C\CCCCCCCC. The monoisotopic (exact) mass is 913 g/mol. The second kappa shape index (κ2) is 55.6. The van der Waals surface area contributed by atoms with Gasteiger partial charge in [0, 0.05) is 12.8 Å². The van der Waals surface area contributed by atoms with Crippen LogP contribution in [-0.2, 0) is 23.8 Å². The van der Waals surface area contributed by atoms with Crippen LogP contribution < -0.4 is 0 Å². The molecule has 0 aromatic carbocycles. The molecular formula is C61H100O5. The van der Waals surface area contributed by atoms with Gasteiger partial charge in [0.15, 0.2) is 6.10 Å². The zero-order chi connectivity index (χ0) is 47.7. The molecule has 0 rings (SSSR count). The second-order valence-corrected chi connectivity index (χ2v) is 17.4. The molecule has 0 N–H and O–H groups in total. The van der Waals surface area contributed by atoms with Crippen LogP contribution in [0.1, 0.15) is 226 Å². The Morgan fingerprint density at radius 1 is 0.348 bits per heavy atom. The molecule has 0 saturated heterocycles. The molecule has 0 spiro atoms. The normalized spacial score (nSPS) is 13.2. The van der Waals surface area contributed by atoms with Gasteiger partial charge in [0.2, 0.25) is 0 Å².